The van der Waals surface area contributed by atoms with Gasteiger partial charge in [-0.3, -0.25) is 4.79 Å². The Balaban J connectivity index is 1.93. The number of fused-ring (bicyclic) bond motifs is 1. The molecule has 0 atom stereocenters. The zero-order valence-corrected chi connectivity index (χ0v) is 12.9. The summed E-state index contributed by atoms with van der Waals surface area (Å²) in [5.74, 6) is 0.768. The van der Waals surface area contributed by atoms with Crippen molar-refractivity contribution in [3.05, 3.63) is 28.1 Å². The highest BCUT2D eigenvalue weighted by molar-refractivity contribution is 7.21. The van der Waals surface area contributed by atoms with Crippen LogP contribution < -0.4 is 5.73 Å². The van der Waals surface area contributed by atoms with E-state index in [9.17, 15) is 4.79 Å². The lowest BCUT2D eigenvalue weighted by molar-refractivity contribution is 0.0703. The Labute approximate surface area is 127 Å². The largest absolute Gasteiger partial charge is 0.397 e. The van der Waals surface area contributed by atoms with Crippen molar-refractivity contribution in [2.24, 2.45) is 5.92 Å². The first-order valence-electron chi connectivity index (χ1n) is 6.83. The molecule has 1 aromatic heterocycles. The zero-order valence-electron chi connectivity index (χ0n) is 11.4. The highest BCUT2D eigenvalue weighted by Crippen LogP contribution is 2.36. The van der Waals surface area contributed by atoms with Crippen molar-refractivity contribution in [1.82, 2.24) is 4.90 Å². The molecule has 1 saturated heterocycles. The maximum Gasteiger partial charge on any atom is 0.266 e. The molecule has 0 saturated carbocycles. The second kappa shape index (κ2) is 5.26. The highest BCUT2D eigenvalue weighted by Gasteiger charge is 2.25. The molecule has 3 nitrogen and oxygen atoms in total. The fourth-order valence-corrected chi connectivity index (χ4v) is 3.97. The molecule has 0 unspecified atom stereocenters. The average Bonchev–Trinajstić information content (AvgIpc) is 2.75. The number of halogens is 1. The van der Waals surface area contributed by atoms with Crippen molar-refractivity contribution >= 4 is 44.6 Å². The van der Waals surface area contributed by atoms with Gasteiger partial charge in [0.15, 0.2) is 0 Å². The number of carbonyl (C=O) groups excluding carboxylic acids is 1. The Morgan fingerprint density at radius 1 is 1.40 bits per heavy atom. The van der Waals surface area contributed by atoms with Gasteiger partial charge >= 0.3 is 0 Å². The molecular weight excluding hydrogens is 292 g/mol. The number of carbonyl (C=O) groups is 1. The molecule has 0 bridgehead atoms. The van der Waals surface area contributed by atoms with Crippen LogP contribution in [0.4, 0.5) is 5.69 Å². The molecule has 1 aliphatic heterocycles. The molecule has 2 N–H and O–H groups in total. The summed E-state index contributed by atoms with van der Waals surface area (Å²) in [4.78, 5) is 15.2. The first kappa shape index (κ1) is 13.7. The summed E-state index contributed by atoms with van der Waals surface area (Å²) < 4.78 is 0.976. The minimum atomic E-state index is 0.0618. The summed E-state index contributed by atoms with van der Waals surface area (Å²) in [6.45, 7) is 3.89. The van der Waals surface area contributed by atoms with Crippen molar-refractivity contribution in [2.75, 3.05) is 18.8 Å². The molecule has 1 fully saturated rings. The number of benzene rings is 1. The molecule has 1 aliphatic rings. The van der Waals surface area contributed by atoms with Gasteiger partial charge in [0, 0.05) is 28.2 Å². The average molecular weight is 309 g/mol. The number of piperidine rings is 1. The monoisotopic (exact) mass is 308 g/mol. The smallest absolute Gasteiger partial charge is 0.266 e. The molecular formula is C15H17ClN2OS. The van der Waals surface area contributed by atoms with Crippen LogP contribution >= 0.6 is 22.9 Å². The molecule has 5 heteroatoms. The number of nitrogen functional groups attached to an aromatic ring is 1. The molecule has 1 aromatic carbocycles. The highest BCUT2D eigenvalue weighted by atomic mass is 35.5. The second-order valence-electron chi connectivity index (χ2n) is 5.46. The van der Waals surface area contributed by atoms with E-state index in [0.717, 1.165) is 36.0 Å². The molecule has 106 valence electrons. The van der Waals surface area contributed by atoms with E-state index in [1.54, 1.807) is 0 Å². The summed E-state index contributed by atoms with van der Waals surface area (Å²) in [7, 11) is 0. The standard InChI is InChI=1S/C15H17ClN2OS/c1-9-4-6-18(7-5-9)15(19)14-13(17)11-3-2-10(16)8-12(11)20-14/h2-3,8-9H,4-7,17H2,1H3. The van der Waals surface area contributed by atoms with Crippen LogP contribution in [0.3, 0.4) is 0 Å². The Morgan fingerprint density at radius 3 is 2.80 bits per heavy atom. The van der Waals surface area contributed by atoms with Crippen molar-refractivity contribution in [1.29, 1.82) is 0 Å². The maximum absolute atomic E-state index is 12.6. The van der Waals surface area contributed by atoms with Gasteiger partial charge in [-0.2, -0.15) is 0 Å². The summed E-state index contributed by atoms with van der Waals surface area (Å²) >= 11 is 7.44. The number of hydrogen-bond acceptors (Lipinski definition) is 3. The van der Waals surface area contributed by atoms with E-state index >= 15 is 0 Å². The minimum Gasteiger partial charge on any atom is -0.397 e. The number of nitrogens with two attached hydrogens (primary N) is 1. The normalized spacial score (nSPS) is 16.8. The van der Waals surface area contributed by atoms with E-state index in [-0.39, 0.29) is 5.91 Å². The van der Waals surface area contributed by atoms with Crippen LogP contribution in [0.2, 0.25) is 5.02 Å². The molecule has 3 rings (SSSR count). The van der Waals surface area contributed by atoms with Gasteiger partial charge in [0.05, 0.1) is 5.69 Å². The number of thiophene rings is 1. The number of hydrogen-bond donors (Lipinski definition) is 1. The van der Waals surface area contributed by atoms with Crippen LogP contribution in [0.25, 0.3) is 10.1 Å². The van der Waals surface area contributed by atoms with Gasteiger partial charge in [-0.05, 0) is 37.0 Å². The van der Waals surface area contributed by atoms with Gasteiger partial charge < -0.3 is 10.6 Å². The summed E-state index contributed by atoms with van der Waals surface area (Å²) in [5, 5.41) is 1.60. The molecule has 1 amide bonds. The predicted octanol–water partition coefficient (Wildman–Crippen LogP) is 4.01. The minimum absolute atomic E-state index is 0.0618. The third kappa shape index (κ3) is 2.38. The number of nitrogens with zero attached hydrogens (tertiary/aromatic N) is 1. The van der Waals surface area contributed by atoms with Crippen molar-refractivity contribution in [2.45, 2.75) is 19.8 Å². The Hall–Kier alpha value is -1.26. The topological polar surface area (TPSA) is 46.3 Å². The molecule has 0 spiro atoms. The van der Waals surface area contributed by atoms with E-state index in [1.807, 2.05) is 23.1 Å². The molecule has 20 heavy (non-hydrogen) atoms. The Bertz CT molecular complexity index is 659. The fraction of sp³-hybridized carbons (Fsp3) is 0.400. The molecule has 2 heterocycles. The lowest BCUT2D eigenvalue weighted by Gasteiger charge is -2.30. The number of anilines is 1. The van der Waals surface area contributed by atoms with Crippen LogP contribution in [-0.2, 0) is 0 Å². The lowest BCUT2D eigenvalue weighted by atomic mass is 9.99. The van der Waals surface area contributed by atoms with Crippen molar-refractivity contribution in [3.8, 4) is 0 Å². The quantitative estimate of drug-likeness (QED) is 0.865. The van der Waals surface area contributed by atoms with E-state index < -0.39 is 0 Å². The Morgan fingerprint density at radius 2 is 2.10 bits per heavy atom. The second-order valence-corrected chi connectivity index (χ2v) is 6.95. The van der Waals surface area contributed by atoms with Crippen molar-refractivity contribution in [3.63, 3.8) is 0 Å². The van der Waals surface area contributed by atoms with Gasteiger partial charge in [-0.1, -0.05) is 18.5 Å². The first-order chi connectivity index (χ1) is 9.56. The van der Waals surface area contributed by atoms with Gasteiger partial charge in [-0.25, -0.2) is 0 Å². The summed E-state index contributed by atoms with van der Waals surface area (Å²) in [6.07, 6.45) is 2.14. The molecule has 0 aliphatic carbocycles. The van der Waals surface area contributed by atoms with Crippen LogP contribution in [-0.4, -0.2) is 23.9 Å². The van der Waals surface area contributed by atoms with E-state index in [0.29, 0.717) is 21.5 Å². The predicted molar refractivity (Wildman–Crippen MR) is 85.5 cm³/mol. The van der Waals surface area contributed by atoms with Gasteiger partial charge in [-0.15, -0.1) is 11.3 Å². The van der Waals surface area contributed by atoms with Crippen molar-refractivity contribution < 1.29 is 4.79 Å². The molecule has 0 radical (unpaired) electrons. The van der Waals surface area contributed by atoms with Gasteiger partial charge in [0.2, 0.25) is 0 Å². The third-order valence-corrected chi connectivity index (χ3v) is 5.35. The van der Waals surface area contributed by atoms with E-state index in [4.69, 9.17) is 17.3 Å². The molecule has 2 aromatic rings. The first-order valence-corrected chi connectivity index (χ1v) is 8.02. The summed E-state index contributed by atoms with van der Waals surface area (Å²) in [5.41, 5.74) is 6.73. The summed E-state index contributed by atoms with van der Waals surface area (Å²) in [6, 6.07) is 5.56. The van der Waals surface area contributed by atoms with E-state index in [1.165, 1.54) is 11.3 Å². The van der Waals surface area contributed by atoms with Gasteiger partial charge in [0.25, 0.3) is 5.91 Å². The van der Waals surface area contributed by atoms with Crippen LogP contribution in [0.15, 0.2) is 18.2 Å². The van der Waals surface area contributed by atoms with Crippen LogP contribution in [0, 0.1) is 5.92 Å². The number of likely N-dealkylation sites (tertiary alicyclic amines) is 1. The zero-order chi connectivity index (χ0) is 14.3. The number of rotatable bonds is 1. The van der Waals surface area contributed by atoms with E-state index in [2.05, 4.69) is 6.92 Å². The number of amides is 1. The maximum atomic E-state index is 12.6. The SMILES string of the molecule is CC1CCN(C(=O)c2sc3cc(Cl)ccc3c2N)CC1. The Kier molecular flexibility index (Phi) is 3.61. The van der Waals surface area contributed by atoms with Gasteiger partial charge in [0.1, 0.15) is 4.88 Å². The van der Waals surface area contributed by atoms with Crippen LogP contribution in [0.5, 0.6) is 0 Å². The van der Waals surface area contributed by atoms with Crippen LogP contribution in [0.1, 0.15) is 29.4 Å². The fourth-order valence-electron chi connectivity index (χ4n) is 2.60. The third-order valence-electron chi connectivity index (χ3n) is 3.96. The lowest BCUT2D eigenvalue weighted by Crippen LogP contribution is -2.37.